The van der Waals surface area contributed by atoms with Crippen molar-refractivity contribution in [2.24, 2.45) is 0 Å². The molecule has 1 saturated carbocycles. The molecule has 1 aliphatic carbocycles. The molecule has 0 N–H and O–H groups in total. The lowest BCUT2D eigenvalue weighted by atomic mass is 9.93. The summed E-state index contributed by atoms with van der Waals surface area (Å²) in [4.78, 5) is 47.6. The van der Waals surface area contributed by atoms with E-state index in [4.69, 9.17) is 18.7 Å². The number of hydrogen-bond acceptors (Lipinski definition) is 9. The lowest BCUT2D eigenvalue weighted by Crippen LogP contribution is -2.30. The van der Waals surface area contributed by atoms with Gasteiger partial charge in [0.05, 0.1) is 23.9 Å². The van der Waals surface area contributed by atoms with Gasteiger partial charge in [-0.15, -0.1) is 0 Å². The minimum absolute atomic E-state index is 0.0244. The Labute approximate surface area is 168 Å². The molecular weight excluding hydrogens is 400 g/mol. The minimum Gasteiger partial charge on any atom is -0.492 e. The van der Waals surface area contributed by atoms with Crippen molar-refractivity contribution in [1.29, 1.82) is 0 Å². The van der Waals surface area contributed by atoms with E-state index in [1.807, 2.05) is 0 Å². The Bertz CT molecular complexity index is 1110. The molecule has 30 heavy (non-hydrogen) atoms. The van der Waals surface area contributed by atoms with Gasteiger partial charge in [0.2, 0.25) is 11.5 Å². The molecular formula is C19H11BFNO8. The molecule has 11 heteroatoms. The number of anilines is 1. The summed E-state index contributed by atoms with van der Waals surface area (Å²) >= 11 is 0. The van der Waals surface area contributed by atoms with Crippen molar-refractivity contribution in [3.8, 4) is 5.75 Å². The third-order valence-electron chi connectivity index (χ3n) is 4.64. The molecule has 1 aromatic rings. The normalized spacial score (nSPS) is 17.1. The first-order valence-electron chi connectivity index (χ1n) is 8.69. The Morgan fingerprint density at radius 3 is 2.37 bits per heavy atom. The zero-order chi connectivity index (χ0) is 21.4. The molecule has 3 aliphatic rings. The van der Waals surface area contributed by atoms with E-state index >= 15 is 0 Å². The highest BCUT2D eigenvalue weighted by molar-refractivity contribution is 6.43. The van der Waals surface area contributed by atoms with Crippen LogP contribution >= 0.6 is 0 Å². The summed E-state index contributed by atoms with van der Waals surface area (Å²) in [6, 6.07) is 2.43. The van der Waals surface area contributed by atoms with Crippen molar-refractivity contribution >= 4 is 42.4 Å². The maximum Gasteiger partial charge on any atom is 0.867 e. The van der Waals surface area contributed by atoms with Crippen molar-refractivity contribution in [3.63, 3.8) is 0 Å². The van der Waals surface area contributed by atoms with Gasteiger partial charge in [0.1, 0.15) is 5.94 Å². The average molecular weight is 411 g/mol. The highest BCUT2D eigenvalue weighted by Crippen LogP contribution is 2.47. The molecule has 1 aromatic carbocycles. The van der Waals surface area contributed by atoms with Crippen molar-refractivity contribution in [2.45, 2.75) is 18.9 Å². The monoisotopic (exact) mass is 411 g/mol. The Balaban J connectivity index is 1.71. The van der Waals surface area contributed by atoms with Gasteiger partial charge in [-0.05, 0) is 25.0 Å². The molecule has 150 valence electrons. The first kappa shape index (κ1) is 19.3. The number of carbonyl (C=O) groups is 1. The fourth-order valence-corrected chi connectivity index (χ4v) is 3.18. The molecule has 0 atom stereocenters. The Hall–Kier alpha value is -4.03. The SMILES string of the molecule is COc1c(F)ccc2c1N(C1CC1)C=C(C(=O)OB1OC(=C=O)C(=C=O)O1)C2=C=O. The van der Waals surface area contributed by atoms with Crippen LogP contribution in [0.2, 0.25) is 0 Å². The zero-order valence-electron chi connectivity index (χ0n) is 15.4. The number of rotatable bonds is 4. The number of carbonyl (C=O) groups excluding carboxylic acids is 4. The van der Waals surface area contributed by atoms with Gasteiger partial charge >= 0.3 is 13.3 Å². The highest BCUT2D eigenvalue weighted by atomic mass is 19.1. The average Bonchev–Trinajstić information content (AvgIpc) is 3.52. The highest BCUT2D eigenvalue weighted by Gasteiger charge is 2.45. The number of nitrogens with zero attached hydrogens (tertiary/aromatic N) is 1. The first-order valence-corrected chi connectivity index (χ1v) is 8.69. The Morgan fingerprint density at radius 2 is 1.83 bits per heavy atom. The van der Waals surface area contributed by atoms with E-state index in [9.17, 15) is 23.6 Å². The predicted octanol–water partition coefficient (Wildman–Crippen LogP) is 0.921. The molecule has 0 amide bonds. The van der Waals surface area contributed by atoms with Crippen LogP contribution in [0.3, 0.4) is 0 Å². The van der Waals surface area contributed by atoms with Crippen LogP contribution in [0.25, 0.3) is 5.57 Å². The van der Waals surface area contributed by atoms with Crippen LogP contribution in [0.15, 0.2) is 35.4 Å². The molecule has 0 aromatic heterocycles. The van der Waals surface area contributed by atoms with Crippen LogP contribution in [-0.4, -0.2) is 44.3 Å². The number of benzene rings is 1. The van der Waals surface area contributed by atoms with Crippen LogP contribution in [0.4, 0.5) is 10.1 Å². The van der Waals surface area contributed by atoms with Gasteiger partial charge in [-0.1, -0.05) is 0 Å². The summed E-state index contributed by atoms with van der Waals surface area (Å²) in [5.74, 6) is 1.38. The quantitative estimate of drug-likeness (QED) is 0.528. The van der Waals surface area contributed by atoms with Gasteiger partial charge in [0.15, 0.2) is 23.4 Å². The maximum absolute atomic E-state index is 14.3. The van der Waals surface area contributed by atoms with Gasteiger partial charge in [-0.3, -0.25) is 0 Å². The third kappa shape index (κ3) is 3.09. The van der Waals surface area contributed by atoms with Crippen molar-refractivity contribution < 1.29 is 42.3 Å². The Morgan fingerprint density at radius 1 is 1.17 bits per heavy atom. The minimum atomic E-state index is -1.74. The fourth-order valence-electron chi connectivity index (χ4n) is 3.18. The summed E-state index contributed by atoms with van der Waals surface area (Å²) in [6.07, 6.45) is 2.91. The van der Waals surface area contributed by atoms with Crippen LogP contribution in [0.5, 0.6) is 5.75 Å². The van der Waals surface area contributed by atoms with Crippen molar-refractivity contribution in [2.75, 3.05) is 12.0 Å². The van der Waals surface area contributed by atoms with Gasteiger partial charge in [-0.2, -0.15) is 0 Å². The Kier molecular flexibility index (Phi) is 4.78. The van der Waals surface area contributed by atoms with E-state index in [1.165, 1.54) is 31.3 Å². The van der Waals surface area contributed by atoms with Crippen LogP contribution < -0.4 is 9.64 Å². The summed E-state index contributed by atoms with van der Waals surface area (Å²) in [6.45, 7) is 0. The van der Waals surface area contributed by atoms with E-state index in [-0.39, 0.29) is 28.5 Å². The molecule has 9 nitrogen and oxygen atoms in total. The maximum atomic E-state index is 14.3. The lowest BCUT2D eigenvalue weighted by Gasteiger charge is -2.30. The van der Waals surface area contributed by atoms with E-state index in [1.54, 1.807) is 10.8 Å². The molecule has 0 bridgehead atoms. The second-order valence-corrected chi connectivity index (χ2v) is 6.43. The number of ether oxygens (including phenoxy) is 1. The van der Waals surface area contributed by atoms with Gasteiger partial charge < -0.3 is 23.6 Å². The number of methoxy groups -OCH3 is 1. The van der Waals surface area contributed by atoms with Gasteiger partial charge in [0, 0.05) is 17.8 Å². The van der Waals surface area contributed by atoms with E-state index in [0.717, 1.165) is 18.9 Å². The molecule has 2 fully saturated rings. The zero-order valence-corrected chi connectivity index (χ0v) is 15.4. The molecule has 2 aliphatic heterocycles. The number of hydrogen-bond donors (Lipinski definition) is 0. The largest absolute Gasteiger partial charge is 0.867 e. The smallest absolute Gasteiger partial charge is 0.492 e. The molecule has 0 spiro atoms. The summed E-state index contributed by atoms with van der Waals surface area (Å²) < 4.78 is 34.2. The second-order valence-electron chi connectivity index (χ2n) is 6.43. The first-order chi connectivity index (χ1) is 14.5. The number of fused-ring (bicyclic) bond motifs is 1. The van der Waals surface area contributed by atoms with E-state index in [0.29, 0.717) is 5.69 Å². The van der Waals surface area contributed by atoms with E-state index < -0.39 is 30.6 Å². The summed E-state index contributed by atoms with van der Waals surface area (Å²) in [5, 5.41) is 0. The van der Waals surface area contributed by atoms with Crippen LogP contribution in [0.1, 0.15) is 18.4 Å². The fraction of sp³-hybridized carbons (Fsp3) is 0.211. The standard InChI is InChI=1S/C19H11BFNO8/c1-27-18-14(21)5-4-11-13(7-23)12(6-22(17(11)18)10-2-3-10)19(26)30-20-28-15(8-24)16(9-25)29-20/h4-6,10H,2-3H2,1H3. The van der Waals surface area contributed by atoms with E-state index in [2.05, 4.69) is 0 Å². The lowest BCUT2D eigenvalue weighted by molar-refractivity contribution is -0.131. The van der Waals surface area contributed by atoms with Crippen molar-refractivity contribution in [1.82, 2.24) is 0 Å². The molecule has 0 radical (unpaired) electrons. The molecule has 1 saturated heterocycles. The third-order valence-corrected chi connectivity index (χ3v) is 4.64. The van der Waals surface area contributed by atoms with Gasteiger partial charge in [-0.25, -0.2) is 23.6 Å². The van der Waals surface area contributed by atoms with Crippen molar-refractivity contribution in [3.05, 3.63) is 46.8 Å². The molecule has 4 rings (SSSR count). The summed E-state index contributed by atoms with van der Waals surface area (Å²) in [5.41, 5.74) is 0.173. The number of halogens is 1. The summed E-state index contributed by atoms with van der Waals surface area (Å²) in [7, 11) is -0.440. The second kappa shape index (κ2) is 7.42. The topological polar surface area (TPSA) is 108 Å². The van der Waals surface area contributed by atoms with Crippen LogP contribution in [0, 0.1) is 5.82 Å². The van der Waals surface area contributed by atoms with Crippen LogP contribution in [-0.2, 0) is 33.1 Å². The molecule has 2 heterocycles. The molecule has 0 unspecified atom stereocenters. The van der Waals surface area contributed by atoms with Gasteiger partial charge in [0.25, 0.3) is 0 Å². The predicted molar refractivity (Wildman–Crippen MR) is 98.1 cm³/mol.